The molecule has 2 N–H and O–H groups in total. The van der Waals surface area contributed by atoms with Gasteiger partial charge in [0.25, 0.3) is 10.0 Å². The van der Waals surface area contributed by atoms with Crippen molar-refractivity contribution in [1.82, 2.24) is 33.8 Å². The number of piperidine rings is 1. The van der Waals surface area contributed by atoms with E-state index in [4.69, 9.17) is 10.8 Å². The lowest BCUT2D eigenvalue weighted by Crippen LogP contribution is -2.33. The van der Waals surface area contributed by atoms with E-state index < -0.39 is 10.0 Å². The first kappa shape index (κ1) is 20.0. The van der Waals surface area contributed by atoms with Gasteiger partial charge in [-0.15, -0.1) is 0 Å². The highest BCUT2D eigenvalue weighted by atomic mass is 32.2. The molecule has 1 fully saturated rings. The molecular formula is C20H19N9O2S. The fraction of sp³-hybridized carbons (Fsp3) is 0.250. The zero-order chi connectivity index (χ0) is 22.3. The van der Waals surface area contributed by atoms with E-state index in [1.165, 1.54) is 30.9 Å². The highest BCUT2D eigenvalue weighted by Crippen LogP contribution is 2.33. The molecule has 1 aliphatic rings. The Balaban J connectivity index is 1.61. The van der Waals surface area contributed by atoms with Crippen molar-refractivity contribution in [2.75, 3.05) is 18.8 Å². The number of anilines is 1. The maximum Gasteiger partial charge on any atom is 0.282 e. The molecule has 11 nitrogen and oxygen atoms in total. The Labute approximate surface area is 183 Å². The summed E-state index contributed by atoms with van der Waals surface area (Å²) in [6.07, 6.45) is 8.08. The lowest BCUT2D eigenvalue weighted by molar-refractivity contribution is 0.236. The van der Waals surface area contributed by atoms with Crippen LogP contribution in [0.2, 0.25) is 0 Å². The van der Waals surface area contributed by atoms with Gasteiger partial charge in [0.2, 0.25) is 0 Å². The van der Waals surface area contributed by atoms with E-state index in [0.29, 0.717) is 35.4 Å². The fourth-order valence-corrected chi connectivity index (χ4v) is 5.10. The number of nitrogens with two attached hydrogens (primary N) is 1. The molecule has 32 heavy (non-hydrogen) atoms. The first-order valence-corrected chi connectivity index (χ1v) is 11.4. The maximum atomic E-state index is 12.9. The van der Waals surface area contributed by atoms with Gasteiger partial charge in [-0.2, -0.15) is 28.0 Å². The Morgan fingerprint density at radius 2 is 2.00 bits per heavy atom. The molecule has 12 heteroatoms. The molecule has 0 aliphatic carbocycles. The Kier molecular flexibility index (Phi) is 4.75. The normalized spacial score (nSPS) is 16.8. The molecule has 5 rings (SSSR count). The number of aromatic nitrogens is 6. The summed E-state index contributed by atoms with van der Waals surface area (Å²) in [5.41, 5.74) is 7.62. The topological polar surface area (TPSA) is 149 Å². The minimum atomic E-state index is -3.85. The van der Waals surface area contributed by atoms with E-state index in [0.717, 1.165) is 16.9 Å². The van der Waals surface area contributed by atoms with Gasteiger partial charge in [-0.1, -0.05) is 18.2 Å². The van der Waals surface area contributed by atoms with E-state index in [9.17, 15) is 13.7 Å². The predicted molar refractivity (Wildman–Crippen MR) is 115 cm³/mol. The van der Waals surface area contributed by atoms with Gasteiger partial charge in [-0.05, 0) is 25.0 Å². The smallest absolute Gasteiger partial charge is 0.282 e. The largest absolute Gasteiger partial charge is 0.383 e. The Morgan fingerprint density at radius 1 is 1.19 bits per heavy atom. The van der Waals surface area contributed by atoms with Crippen molar-refractivity contribution < 1.29 is 8.42 Å². The van der Waals surface area contributed by atoms with Crippen molar-refractivity contribution in [3.8, 4) is 17.5 Å². The van der Waals surface area contributed by atoms with Crippen molar-refractivity contribution in [1.29, 1.82) is 5.26 Å². The van der Waals surface area contributed by atoms with Gasteiger partial charge in [-0.25, -0.2) is 14.6 Å². The Morgan fingerprint density at radius 3 is 2.78 bits per heavy atom. The average Bonchev–Trinajstić information content (AvgIpc) is 3.46. The monoisotopic (exact) mass is 449 g/mol. The van der Waals surface area contributed by atoms with Crippen LogP contribution in [0.25, 0.3) is 22.3 Å². The molecule has 4 aromatic rings. The zero-order valence-corrected chi connectivity index (χ0v) is 17.7. The molecule has 0 spiro atoms. The second-order valence-corrected chi connectivity index (χ2v) is 9.31. The fourth-order valence-electron chi connectivity index (χ4n) is 3.96. The highest BCUT2D eigenvalue weighted by Gasteiger charge is 2.27. The second-order valence-electron chi connectivity index (χ2n) is 7.51. The van der Waals surface area contributed by atoms with Crippen LogP contribution in [-0.2, 0) is 10.0 Å². The number of nitrogens with zero attached hydrogens (tertiary/aromatic N) is 8. The third-order valence-electron chi connectivity index (χ3n) is 5.52. The van der Waals surface area contributed by atoms with Crippen LogP contribution in [0.15, 0.2) is 53.9 Å². The maximum absolute atomic E-state index is 12.9. The van der Waals surface area contributed by atoms with Crippen LogP contribution < -0.4 is 5.73 Å². The lowest BCUT2D eigenvalue weighted by atomic mass is 10.1. The van der Waals surface area contributed by atoms with Crippen LogP contribution in [0.3, 0.4) is 0 Å². The number of hydrogen-bond donors (Lipinski definition) is 1. The zero-order valence-electron chi connectivity index (χ0n) is 16.9. The highest BCUT2D eigenvalue weighted by molar-refractivity contribution is 7.89. The summed E-state index contributed by atoms with van der Waals surface area (Å²) in [6.45, 7) is 1.22. The number of benzene rings is 1. The SMILES string of the molecule is N#CN1CCC[C@@H](n2nc(-c3cnn(S(=O)(=O)c4ccccc4)c3)c3c(N)ncnc32)C1. The number of fused-ring (bicyclic) bond motifs is 1. The molecule has 1 atom stereocenters. The van der Waals surface area contributed by atoms with Gasteiger partial charge in [0.15, 0.2) is 11.8 Å². The van der Waals surface area contributed by atoms with Crippen LogP contribution >= 0.6 is 0 Å². The molecule has 0 radical (unpaired) electrons. The van der Waals surface area contributed by atoms with Gasteiger partial charge in [0.05, 0.1) is 35.3 Å². The van der Waals surface area contributed by atoms with Gasteiger partial charge in [-0.3, -0.25) is 0 Å². The number of hydrogen-bond acceptors (Lipinski definition) is 9. The minimum absolute atomic E-state index is 0.0722. The number of rotatable bonds is 4. The molecule has 162 valence electrons. The summed E-state index contributed by atoms with van der Waals surface area (Å²) in [7, 11) is -3.85. The van der Waals surface area contributed by atoms with Gasteiger partial charge in [0, 0.05) is 12.1 Å². The molecule has 0 bridgehead atoms. The first-order valence-electron chi connectivity index (χ1n) is 9.98. The molecular weight excluding hydrogens is 430 g/mol. The van der Waals surface area contributed by atoms with E-state index in [2.05, 4.69) is 21.3 Å². The molecule has 3 aromatic heterocycles. The van der Waals surface area contributed by atoms with Gasteiger partial charge >= 0.3 is 0 Å². The van der Waals surface area contributed by atoms with Gasteiger partial charge < -0.3 is 10.6 Å². The average molecular weight is 450 g/mol. The summed E-state index contributed by atoms with van der Waals surface area (Å²) < 4.78 is 28.5. The van der Waals surface area contributed by atoms with Crippen molar-refractivity contribution in [2.24, 2.45) is 0 Å². The molecule has 0 saturated carbocycles. The number of nitrogen functional groups attached to an aromatic ring is 1. The molecule has 1 saturated heterocycles. The van der Waals surface area contributed by atoms with Crippen molar-refractivity contribution in [3.63, 3.8) is 0 Å². The van der Waals surface area contributed by atoms with Crippen LogP contribution in [0.4, 0.5) is 5.82 Å². The van der Waals surface area contributed by atoms with E-state index in [1.54, 1.807) is 27.8 Å². The van der Waals surface area contributed by atoms with Crippen molar-refractivity contribution >= 4 is 26.9 Å². The van der Waals surface area contributed by atoms with Crippen LogP contribution in [0.1, 0.15) is 18.9 Å². The third-order valence-corrected chi connectivity index (χ3v) is 7.08. The molecule has 1 aliphatic heterocycles. The summed E-state index contributed by atoms with van der Waals surface area (Å²) in [5, 5.41) is 18.6. The number of likely N-dealkylation sites (tertiary alicyclic amines) is 1. The van der Waals surface area contributed by atoms with Crippen molar-refractivity contribution in [2.45, 2.75) is 23.8 Å². The third kappa shape index (κ3) is 3.23. The molecule has 4 heterocycles. The molecule has 0 amide bonds. The van der Waals surface area contributed by atoms with E-state index in [1.807, 2.05) is 0 Å². The summed E-state index contributed by atoms with van der Waals surface area (Å²) in [6, 6.07) is 8.00. The van der Waals surface area contributed by atoms with E-state index >= 15 is 0 Å². The Hall–Kier alpha value is -3.98. The summed E-state index contributed by atoms with van der Waals surface area (Å²) >= 11 is 0. The molecule has 1 aromatic carbocycles. The van der Waals surface area contributed by atoms with Crippen molar-refractivity contribution in [3.05, 3.63) is 49.1 Å². The van der Waals surface area contributed by atoms with Gasteiger partial charge in [0.1, 0.15) is 17.8 Å². The standard InChI is InChI=1S/C20H19N9O2S/c21-12-27-8-4-5-15(11-27)29-20-17(19(22)23-13-24-20)18(26-29)14-9-25-28(10-14)32(30,31)16-6-2-1-3-7-16/h1-3,6-7,9-10,13,15H,4-5,8,11H2,(H2,22,23,24)/t15-/m1/s1. The number of nitriles is 1. The molecule has 0 unspecified atom stereocenters. The van der Waals surface area contributed by atoms with Crippen LogP contribution in [0, 0.1) is 11.5 Å². The predicted octanol–water partition coefficient (Wildman–Crippen LogP) is 1.63. The van der Waals surface area contributed by atoms with Crippen LogP contribution in [0.5, 0.6) is 0 Å². The Bertz CT molecular complexity index is 1440. The summed E-state index contributed by atoms with van der Waals surface area (Å²) in [4.78, 5) is 10.3. The first-order chi connectivity index (χ1) is 15.5. The quantitative estimate of drug-likeness (QED) is 0.459. The second kappa shape index (κ2) is 7.61. The van der Waals surface area contributed by atoms with E-state index in [-0.39, 0.29) is 16.8 Å². The van der Waals surface area contributed by atoms with Crippen LogP contribution in [-0.4, -0.2) is 55.3 Å². The summed E-state index contributed by atoms with van der Waals surface area (Å²) in [5.74, 6) is 0.239. The lowest BCUT2D eigenvalue weighted by Gasteiger charge is -2.28. The minimum Gasteiger partial charge on any atom is -0.383 e.